The number of ether oxygens (including phenoxy) is 1. The monoisotopic (exact) mass is 212 g/mol. The zero-order valence-electron chi connectivity index (χ0n) is 8.89. The minimum Gasteiger partial charge on any atom is -0.376 e. The van der Waals surface area contributed by atoms with Gasteiger partial charge in [0.2, 0.25) is 0 Å². The first-order valence-electron chi connectivity index (χ1n) is 5.15. The minimum absolute atomic E-state index is 0.170. The quantitative estimate of drug-likeness (QED) is 0.694. The summed E-state index contributed by atoms with van der Waals surface area (Å²) < 4.78 is 31.5. The van der Waals surface area contributed by atoms with Gasteiger partial charge in [-0.2, -0.15) is 0 Å². The van der Waals surface area contributed by atoms with E-state index in [4.69, 9.17) is 4.74 Å². The molecule has 0 saturated heterocycles. The van der Waals surface area contributed by atoms with E-state index in [0.717, 1.165) is 11.1 Å². The van der Waals surface area contributed by atoms with Crippen LogP contribution in [-0.2, 0) is 11.3 Å². The van der Waals surface area contributed by atoms with Gasteiger partial charge in [-0.3, -0.25) is 0 Å². The molecule has 0 aromatic heterocycles. The van der Waals surface area contributed by atoms with E-state index in [0.29, 0.717) is 19.1 Å². The Morgan fingerprint density at radius 2 is 1.93 bits per heavy atom. The molecule has 1 nitrogen and oxygen atoms in total. The van der Waals surface area contributed by atoms with E-state index >= 15 is 0 Å². The maximum Gasteiger partial charge on any atom is 0.159 e. The Labute approximate surface area is 88.1 Å². The van der Waals surface area contributed by atoms with E-state index in [-0.39, 0.29) is 5.92 Å². The van der Waals surface area contributed by atoms with Crippen molar-refractivity contribution in [1.29, 1.82) is 0 Å². The fourth-order valence-electron chi connectivity index (χ4n) is 2.01. The van der Waals surface area contributed by atoms with Crippen molar-refractivity contribution in [3.63, 3.8) is 0 Å². The average Bonchev–Trinajstić information content (AvgIpc) is 2.18. The zero-order valence-corrected chi connectivity index (χ0v) is 8.89. The minimum atomic E-state index is -0.790. The number of hydrogen-bond acceptors (Lipinski definition) is 1. The van der Waals surface area contributed by atoms with Crippen molar-refractivity contribution in [2.24, 2.45) is 5.92 Å². The van der Waals surface area contributed by atoms with Crippen LogP contribution < -0.4 is 0 Å². The third kappa shape index (κ3) is 1.88. The Balaban J connectivity index is 2.47. The van der Waals surface area contributed by atoms with Crippen LogP contribution >= 0.6 is 0 Å². The molecule has 0 amide bonds. The third-order valence-electron chi connectivity index (χ3n) is 2.94. The summed E-state index contributed by atoms with van der Waals surface area (Å²) in [6.07, 6.45) is 0. The predicted molar refractivity (Wildman–Crippen MR) is 53.6 cm³/mol. The molecular formula is C12H14F2O. The SMILES string of the molecule is CC(C)C1COCc2cc(F)c(F)cc21. The third-order valence-corrected chi connectivity index (χ3v) is 2.94. The van der Waals surface area contributed by atoms with Crippen molar-refractivity contribution in [3.05, 3.63) is 34.9 Å². The van der Waals surface area contributed by atoms with Gasteiger partial charge >= 0.3 is 0 Å². The topological polar surface area (TPSA) is 9.23 Å². The van der Waals surface area contributed by atoms with Gasteiger partial charge in [0.1, 0.15) is 0 Å². The van der Waals surface area contributed by atoms with Gasteiger partial charge in [-0.25, -0.2) is 8.78 Å². The predicted octanol–water partition coefficient (Wildman–Crippen LogP) is 3.23. The molecule has 1 atom stereocenters. The molecule has 1 unspecified atom stereocenters. The molecule has 82 valence electrons. The van der Waals surface area contributed by atoms with E-state index in [2.05, 4.69) is 13.8 Å². The van der Waals surface area contributed by atoms with Crippen molar-refractivity contribution >= 4 is 0 Å². The van der Waals surface area contributed by atoms with Crippen LogP contribution in [0.4, 0.5) is 8.78 Å². The number of benzene rings is 1. The molecule has 1 aliphatic heterocycles. The fraction of sp³-hybridized carbons (Fsp3) is 0.500. The van der Waals surface area contributed by atoms with E-state index in [1.807, 2.05) is 0 Å². The Morgan fingerprint density at radius 1 is 1.27 bits per heavy atom. The maximum atomic E-state index is 13.1. The largest absolute Gasteiger partial charge is 0.376 e. The highest BCUT2D eigenvalue weighted by molar-refractivity contribution is 5.33. The van der Waals surface area contributed by atoms with Crippen LogP contribution in [0.5, 0.6) is 0 Å². The van der Waals surface area contributed by atoms with Gasteiger partial charge in [-0.15, -0.1) is 0 Å². The molecule has 1 heterocycles. The lowest BCUT2D eigenvalue weighted by molar-refractivity contribution is 0.0786. The normalized spacial score (nSPS) is 20.5. The lowest BCUT2D eigenvalue weighted by Gasteiger charge is -2.28. The molecule has 1 aromatic carbocycles. The molecule has 0 saturated carbocycles. The van der Waals surface area contributed by atoms with Crippen LogP contribution in [0, 0.1) is 17.6 Å². The first-order valence-corrected chi connectivity index (χ1v) is 5.15. The van der Waals surface area contributed by atoms with Crippen molar-refractivity contribution in [3.8, 4) is 0 Å². The first-order chi connectivity index (χ1) is 7.09. The maximum absolute atomic E-state index is 13.1. The summed E-state index contributed by atoms with van der Waals surface area (Å²) in [6, 6.07) is 2.57. The van der Waals surface area contributed by atoms with Crippen LogP contribution in [-0.4, -0.2) is 6.61 Å². The molecule has 0 N–H and O–H groups in total. The average molecular weight is 212 g/mol. The summed E-state index contributed by atoms with van der Waals surface area (Å²) in [5.74, 6) is -1.01. The fourth-order valence-corrected chi connectivity index (χ4v) is 2.01. The summed E-state index contributed by atoms with van der Waals surface area (Å²) in [5.41, 5.74) is 1.68. The Kier molecular flexibility index (Phi) is 2.74. The van der Waals surface area contributed by atoms with Crippen LogP contribution in [0.25, 0.3) is 0 Å². The summed E-state index contributed by atoms with van der Waals surface area (Å²) in [4.78, 5) is 0. The number of hydrogen-bond donors (Lipinski definition) is 0. The van der Waals surface area contributed by atoms with Crippen molar-refractivity contribution in [1.82, 2.24) is 0 Å². The van der Waals surface area contributed by atoms with Crippen LogP contribution in [0.1, 0.15) is 30.9 Å². The molecule has 2 rings (SSSR count). The van der Waals surface area contributed by atoms with Crippen molar-refractivity contribution in [2.45, 2.75) is 26.4 Å². The van der Waals surface area contributed by atoms with Gasteiger partial charge in [0.25, 0.3) is 0 Å². The Bertz CT molecular complexity index is 374. The van der Waals surface area contributed by atoms with Gasteiger partial charge in [0, 0.05) is 5.92 Å². The number of rotatable bonds is 1. The molecule has 15 heavy (non-hydrogen) atoms. The van der Waals surface area contributed by atoms with Gasteiger partial charge in [-0.1, -0.05) is 13.8 Å². The highest BCUT2D eigenvalue weighted by Crippen LogP contribution is 2.33. The highest BCUT2D eigenvalue weighted by atomic mass is 19.2. The zero-order chi connectivity index (χ0) is 11.0. The lowest BCUT2D eigenvalue weighted by Crippen LogP contribution is -2.21. The molecule has 3 heteroatoms. The molecule has 1 aliphatic rings. The first kappa shape index (κ1) is 10.6. The molecule has 1 aromatic rings. The summed E-state index contributed by atoms with van der Waals surface area (Å²) in [6.45, 7) is 5.10. The second kappa shape index (κ2) is 3.89. The second-order valence-electron chi connectivity index (χ2n) is 4.33. The van der Waals surface area contributed by atoms with Crippen LogP contribution in [0.2, 0.25) is 0 Å². The molecule has 0 spiro atoms. The van der Waals surface area contributed by atoms with Gasteiger partial charge in [0.05, 0.1) is 13.2 Å². The highest BCUT2D eigenvalue weighted by Gasteiger charge is 2.25. The number of halogens is 2. The number of fused-ring (bicyclic) bond motifs is 1. The van der Waals surface area contributed by atoms with Crippen LogP contribution in [0.15, 0.2) is 12.1 Å². The van der Waals surface area contributed by atoms with Gasteiger partial charge in [0.15, 0.2) is 11.6 Å². The molecular weight excluding hydrogens is 198 g/mol. The summed E-state index contributed by atoms with van der Waals surface area (Å²) >= 11 is 0. The Hall–Kier alpha value is -0.960. The van der Waals surface area contributed by atoms with Crippen molar-refractivity contribution < 1.29 is 13.5 Å². The van der Waals surface area contributed by atoms with Crippen molar-refractivity contribution in [2.75, 3.05) is 6.61 Å². The van der Waals surface area contributed by atoms with Gasteiger partial charge < -0.3 is 4.74 Å². The smallest absolute Gasteiger partial charge is 0.159 e. The molecule has 0 fully saturated rings. The van der Waals surface area contributed by atoms with E-state index in [1.54, 1.807) is 0 Å². The molecule has 0 radical (unpaired) electrons. The summed E-state index contributed by atoms with van der Waals surface area (Å²) in [5, 5.41) is 0. The Morgan fingerprint density at radius 3 is 2.60 bits per heavy atom. The van der Waals surface area contributed by atoms with Gasteiger partial charge in [-0.05, 0) is 29.2 Å². The van der Waals surface area contributed by atoms with E-state index < -0.39 is 11.6 Å². The molecule has 0 aliphatic carbocycles. The standard InChI is InChI=1S/C12H14F2O/c1-7(2)10-6-15-5-8-3-11(13)12(14)4-9(8)10/h3-4,7,10H,5-6H2,1-2H3. The van der Waals surface area contributed by atoms with E-state index in [9.17, 15) is 8.78 Å². The second-order valence-corrected chi connectivity index (χ2v) is 4.33. The summed E-state index contributed by atoms with van der Waals surface area (Å²) in [7, 11) is 0. The van der Waals surface area contributed by atoms with Crippen LogP contribution in [0.3, 0.4) is 0 Å². The van der Waals surface area contributed by atoms with E-state index in [1.165, 1.54) is 12.1 Å². The molecule has 0 bridgehead atoms. The lowest BCUT2D eigenvalue weighted by atomic mass is 9.85.